The van der Waals surface area contributed by atoms with E-state index < -0.39 is 48.0 Å². The number of carbonyl (C=O) groups excluding carboxylic acids is 3. The zero-order valence-electron chi connectivity index (χ0n) is 17.0. The first kappa shape index (κ1) is 22.7. The molecular formula is C20H26N4O6. The van der Waals surface area contributed by atoms with E-state index in [4.69, 9.17) is 10.5 Å². The molecule has 10 nitrogen and oxygen atoms in total. The summed E-state index contributed by atoms with van der Waals surface area (Å²) in [7, 11) is 0. The number of hydrogen-bond donors (Lipinski definition) is 5. The molecule has 0 aliphatic rings. The number of fused-ring (bicyclic) bond motifs is 1. The van der Waals surface area contributed by atoms with Crippen LogP contribution in [0.4, 0.5) is 4.79 Å². The minimum atomic E-state index is -1.51. The number of carboxylic acid groups (broad SMARTS) is 1. The third-order valence-electron chi connectivity index (χ3n) is 4.13. The van der Waals surface area contributed by atoms with Crippen LogP contribution in [-0.2, 0) is 25.5 Å². The number of primary amides is 1. The summed E-state index contributed by atoms with van der Waals surface area (Å²) in [6.07, 6.45) is 0.370. The van der Waals surface area contributed by atoms with Crippen LogP contribution in [0.5, 0.6) is 0 Å². The number of aliphatic carboxylic acids is 1. The lowest BCUT2D eigenvalue weighted by Gasteiger charge is -2.24. The Morgan fingerprint density at radius 1 is 1.13 bits per heavy atom. The highest BCUT2D eigenvalue weighted by atomic mass is 16.6. The summed E-state index contributed by atoms with van der Waals surface area (Å²) in [5.41, 5.74) is 5.85. The fourth-order valence-corrected chi connectivity index (χ4v) is 2.85. The second kappa shape index (κ2) is 9.29. The number of nitrogens with two attached hydrogens (primary N) is 1. The lowest BCUT2D eigenvalue weighted by molar-refractivity contribution is -0.143. The van der Waals surface area contributed by atoms with Crippen molar-refractivity contribution in [3.8, 4) is 0 Å². The van der Waals surface area contributed by atoms with Crippen LogP contribution in [0.25, 0.3) is 10.9 Å². The summed E-state index contributed by atoms with van der Waals surface area (Å²) >= 11 is 0. The van der Waals surface area contributed by atoms with Gasteiger partial charge < -0.3 is 31.2 Å². The number of carbonyl (C=O) groups is 4. The maximum atomic E-state index is 12.8. The van der Waals surface area contributed by atoms with Gasteiger partial charge in [-0.2, -0.15) is 0 Å². The number of aromatic nitrogens is 1. The Morgan fingerprint density at radius 3 is 2.40 bits per heavy atom. The molecule has 0 radical (unpaired) electrons. The van der Waals surface area contributed by atoms with E-state index in [1.54, 1.807) is 27.0 Å². The number of amides is 3. The number of nitrogens with one attached hydrogen (secondary N) is 3. The molecule has 0 unspecified atom stereocenters. The van der Waals surface area contributed by atoms with Gasteiger partial charge in [-0.1, -0.05) is 18.2 Å². The fraction of sp³-hybridized carbons (Fsp3) is 0.400. The Balaban J connectivity index is 2.25. The molecule has 10 heteroatoms. The maximum absolute atomic E-state index is 12.8. The Labute approximate surface area is 173 Å². The highest BCUT2D eigenvalue weighted by Gasteiger charge is 2.29. The normalized spacial score (nSPS) is 13.3. The standard InChI is InChI=1S/C20H26N4O6/c1-20(2,3)30-19(29)24-14(17(26)23-15(18(27)28)9-16(21)25)8-11-10-22-13-7-5-4-6-12(11)13/h4-7,10,14-15,22H,8-9H2,1-3H3,(H2,21,25)(H,23,26)(H,24,29)(H,27,28)/t14-,15-/m0/s1. The smallest absolute Gasteiger partial charge is 0.408 e. The van der Waals surface area contributed by atoms with Gasteiger partial charge in [-0.3, -0.25) is 9.59 Å². The molecule has 1 aromatic heterocycles. The molecule has 2 aromatic rings. The van der Waals surface area contributed by atoms with Gasteiger partial charge in [-0.15, -0.1) is 0 Å². The number of para-hydroxylation sites is 1. The van der Waals surface area contributed by atoms with Crippen molar-refractivity contribution in [2.75, 3.05) is 0 Å². The number of benzene rings is 1. The van der Waals surface area contributed by atoms with Gasteiger partial charge in [-0.25, -0.2) is 9.59 Å². The molecule has 6 N–H and O–H groups in total. The van der Waals surface area contributed by atoms with Crippen LogP contribution < -0.4 is 16.4 Å². The summed E-state index contributed by atoms with van der Waals surface area (Å²) in [6.45, 7) is 5.03. The summed E-state index contributed by atoms with van der Waals surface area (Å²) < 4.78 is 5.21. The number of carboxylic acids is 1. The van der Waals surface area contributed by atoms with Crippen LogP contribution in [0.3, 0.4) is 0 Å². The van der Waals surface area contributed by atoms with Crippen molar-refractivity contribution >= 4 is 34.8 Å². The van der Waals surface area contributed by atoms with Crippen molar-refractivity contribution in [2.45, 2.75) is 51.3 Å². The summed E-state index contributed by atoms with van der Waals surface area (Å²) in [5, 5.41) is 14.8. The monoisotopic (exact) mass is 418 g/mol. The van der Waals surface area contributed by atoms with Crippen molar-refractivity contribution in [1.29, 1.82) is 0 Å². The number of aromatic amines is 1. The van der Waals surface area contributed by atoms with E-state index in [0.717, 1.165) is 16.5 Å². The molecule has 0 fully saturated rings. The average molecular weight is 418 g/mol. The predicted octanol–water partition coefficient (Wildman–Crippen LogP) is 1.05. The zero-order chi connectivity index (χ0) is 22.5. The van der Waals surface area contributed by atoms with Crippen LogP contribution in [-0.4, -0.2) is 51.7 Å². The SMILES string of the molecule is CC(C)(C)OC(=O)N[C@@H](Cc1c[nH]c2ccccc12)C(=O)N[C@@H](CC(N)=O)C(=O)O. The first-order valence-electron chi connectivity index (χ1n) is 9.32. The van der Waals surface area contributed by atoms with Crippen molar-refractivity contribution < 1.29 is 29.0 Å². The highest BCUT2D eigenvalue weighted by molar-refractivity contribution is 5.92. The number of alkyl carbamates (subject to hydrolysis) is 1. The van der Waals surface area contributed by atoms with Gasteiger partial charge in [0.2, 0.25) is 11.8 Å². The van der Waals surface area contributed by atoms with E-state index in [-0.39, 0.29) is 6.42 Å². The first-order chi connectivity index (χ1) is 14.0. The molecule has 0 saturated heterocycles. The summed E-state index contributed by atoms with van der Waals surface area (Å²) in [5.74, 6) is -3.07. The van der Waals surface area contributed by atoms with Gasteiger partial charge in [0.15, 0.2) is 0 Å². The second-order valence-corrected chi connectivity index (χ2v) is 7.83. The van der Waals surface area contributed by atoms with E-state index in [0.29, 0.717) is 0 Å². The molecule has 0 saturated carbocycles. The van der Waals surface area contributed by atoms with Gasteiger partial charge in [-0.05, 0) is 32.4 Å². The van der Waals surface area contributed by atoms with Crippen molar-refractivity contribution in [3.05, 3.63) is 36.0 Å². The van der Waals surface area contributed by atoms with Crippen molar-refractivity contribution in [2.24, 2.45) is 5.73 Å². The molecule has 2 atom stereocenters. The Hall–Kier alpha value is -3.56. The van der Waals surface area contributed by atoms with Crippen molar-refractivity contribution in [1.82, 2.24) is 15.6 Å². The average Bonchev–Trinajstić information content (AvgIpc) is 3.01. The molecular weight excluding hydrogens is 392 g/mol. The van der Waals surface area contributed by atoms with Gasteiger partial charge >= 0.3 is 12.1 Å². The molecule has 0 aliphatic heterocycles. The van der Waals surface area contributed by atoms with Crippen LogP contribution in [0.1, 0.15) is 32.8 Å². The minimum Gasteiger partial charge on any atom is -0.480 e. The molecule has 30 heavy (non-hydrogen) atoms. The first-order valence-corrected chi connectivity index (χ1v) is 9.32. The van der Waals surface area contributed by atoms with E-state index in [2.05, 4.69) is 15.6 Å². The van der Waals surface area contributed by atoms with Gasteiger partial charge in [0.25, 0.3) is 0 Å². The summed E-state index contributed by atoms with van der Waals surface area (Å²) in [4.78, 5) is 50.6. The quantitative estimate of drug-likeness (QED) is 0.430. The Morgan fingerprint density at radius 2 is 1.80 bits per heavy atom. The maximum Gasteiger partial charge on any atom is 0.408 e. The van der Waals surface area contributed by atoms with Gasteiger partial charge in [0, 0.05) is 23.5 Å². The molecule has 1 aromatic carbocycles. The largest absolute Gasteiger partial charge is 0.480 e. The third-order valence-corrected chi connectivity index (χ3v) is 4.13. The van der Waals surface area contributed by atoms with E-state index in [1.165, 1.54) is 0 Å². The van der Waals surface area contributed by atoms with E-state index >= 15 is 0 Å². The number of ether oxygens (including phenoxy) is 1. The molecule has 3 amide bonds. The topological polar surface area (TPSA) is 164 Å². The molecule has 0 bridgehead atoms. The minimum absolute atomic E-state index is 0.0675. The fourth-order valence-electron chi connectivity index (χ4n) is 2.85. The lowest BCUT2D eigenvalue weighted by atomic mass is 10.0. The number of H-pyrrole nitrogens is 1. The van der Waals surface area contributed by atoms with E-state index in [9.17, 15) is 24.3 Å². The Kier molecular flexibility index (Phi) is 7.04. The number of hydrogen-bond acceptors (Lipinski definition) is 5. The lowest BCUT2D eigenvalue weighted by Crippen LogP contribution is -2.53. The molecule has 2 rings (SSSR count). The zero-order valence-corrected chi connectivity index (χ0v) is 17.0. The second-order valence-electron chi connectivity index (χ2n) is 7.83. The van der Waals surface area contributed by atoms with Crippen LogP contribution in [0, 0.1) is 0 Å². The van der Waals surface area contributed by atoms with E-state index in [1.807, 2.05) is 24.3 Å². The van der Waals surface area contributed by atoms with Crippen molar-refractivity contribution in [3.63, 3.8) is 0 Å². The van der Waals surface area contributed by atoms with Gasteiger partial charge in [0.1, 0.15) is 17.7 Å². The van der Waals surface area contributed by atoms with Crippen LogP contribution in [0.15, 0.2) is 30.5 Å². The summed E-state index contributed by atoms with van der Waals surface area (Å²) in [6, 6.07) is 4.75. The molecule has 0 aliphatic carbocycles. The van der Waals surface area contributed by atoms with Crippen LogP contribution in [0.2, 0.25) is 0 Å². The molecule has 162 valence electrons. The van der Waals surface area contributed by atoms with Gasteiger partial charge in [0.05, 0.1) is 6.42 Å². The molecule has 0 spiro atoms. The number of rotatable bonds is 8. The highest BCUT2D eigenvalue weighted by Crippen LogP contribution is 2.19. The third kappa shape index (κ3) is 6.50. The molecule has 1 heterocycles. The Bertz CT molecular complexity index is 946. The predicted molar refractivity (Wildman–Crippen MR) is 109 cm³/mol. The van der Waals surface area contributed by atoms with Crippen LogP contribution >= 0.6 is 0 Å².